The molecular weight excluding hydrogens is 272 g/mol. The number of aryl methyl sites for hydroxylation is 3. The van der Waals surface area contributed by atoms with Crippen molar-refractivity contribution in [3.05, 3.63) is 45.1 Å². The molecule has 0 saturated carbocycles. The third-order valence-electron chi connectivity index (χ3n) is 3.14. The lowest BCUT2D eigenvalue weighted by Crippen LogP contribution is -2.13. The van der Waals surface area contributed by atoms with Gasteiger partial charge in [-0.25, -0.2) is 10.8 Å². The Kier molecular flexibility index (Phi) is 3.99. The fraction of sp³-hybridized carbons (Fsp3) is 0.231. The normalized spacial score (nSPS) is 10.3. The number of nitro groups is 1. The molecule has 0 unspecified atom stereocenters. The SMILES string of the molecule is Cc1ccc(Nc2nc(NN)nc(C)c2[N+](=O)[O-])cc1C. The van der Waals surface area contributed by atoms with E-state index in [0.29, 0.717) is 5.69 Å². The lowest BCUT2D eigenvalue weighted by molar-refractivity contribution is -0.385. The van der Waals surface area contributed by atoms with Crippen LogP contribution in [0.15, 0.2) is 18.2 Å². The summed E-state index contributed by atoms with van der Waals surface area (Å²) in [6.07, 6.45) is 0. The minimum atomic E-state index is -0.515. The molecule has 0 saturated heterocycles. The average molecular weight is 288 g/mol. The summed E-state index contributed by atoms with van der Waals surface area (Å²) in [6, 6.07) is 5.66. The van der Waals surface area contributed by atoms with E-state index in [9.17, 15) is 10.1 Å². The van der Waals surface area contributed by atoms with Gasteiger partial charge >= 0.3 is 5.69 Å². The summed E-state index contributed by atoms with van der Waals surface area (Å²) < 4.78 is 0. The van der Waals surface area contributed by atoms with Crippen LogP contribution in [0.25, 0.3) is 0 Å². The van der Waals surface area contributed by atoms with Gasteiger partial charge in [-0.3, -0.25) is 15.5 Å². The zero-order valence-corrected chi connectivity index (χ0v) is 12.0. The van der Waals surface area contributed by atoms with E-state index in [-0.39, 0.29) is 23.1 Å². The predicted octanol–water partition coefficient (Wildman–Crippen LogP) is 2.34. The summed E-state index contributed by atoms with van der Waals surface area (Å²) in [6.45, 7) is 5.49. The van der Waals surface area contributed by atoms with Gasteiger partial charge in [-0.05, 0) is 44.0 Å². The molecule has 0 spiro atoms. The Labute approximate surface area is 121 Å². The summed E-state index contributed by atoms with van der Waals surface area (Å²) in [5.74, 6) is 5.49. The molecule has 0 aliphatic carbocycles. The third kappa shape index (κ3) is 3.06. The first-order valence-corrected chi connectivity index (χ1v) is 6.26. The highest BCUT2D eigenvalue weighted by Crippen LogP contribution is 2.29. The monoisotopic (exact) mass is 288 g/mol. The Hall–Kier alpha value is -2.74. The maximum atomic E-state index is 11.2. The number of anilines is 3. The molecule has 110 valence electrons. The van der Waals surface area contributed by atoms with Gasteiger partial charge in [-0.15, -0.1) is 0 Å². The number of rotatable bonds is 4. The van der Waals surface area contributed by atoms with Crippen LogP contribution in [0.3, 0.4) is 0 Å². The average Bonchev–Trinajstić information content (AvgIpc) is 2.41. The first-order valence-electron chi connectivity index (χ1n) is 6.26. The molecule has 1 aromatic heterocycles. The van der Waals surface area contributed by atoms with Gasteiger partial charge in [0, 0.05) is 5.69 Å². The highest BCUT2D eigenvalue weighted by molar-refractivity contribution is 5.68. The molecule has 0 amide bonds. The van der Waals surface area contributed by atoms with E-state index in [4.69, 9.17) is 5.84 Å². The Morgan fingerprint density at radius 3 is 2.48 bits per heavy atom. The number of hydrogen-bond acceptors (Lipinski definition) is 7. The predicted molar refractivity (Wildman–Crippen MR) is 80.4 cm³/mol. The Balaban J connectivity index is 2.48. The first-order chi connectivity index (χ1) is 9.92. The molecular formula is C13H16N6O2. The molecule has 0 radical (unpaired) electrons. The van der Waals surface area contributed by atoms with Gasteiger partial charge in [0.15, 0.2) is 0 Å². The second-order valence-electron chi connectivity index (χ2n) is 4.66. The molecule has 4 N–H and O–H groups in total. The number of nitrogens with one attached hydrogen (secondary N) is 2. The molecule has 8 heteroatoms. The zero-order chi connectivity index (χ0) is 15.6. The van der Waals surface area contributed by atoms with Crippen LogP contribution in [0.2, 0.25) is 0 Å². The van der Waals surface area contributed by atoms with Crippen molar-refractivity contribution < 1.29 is 4.92 Å². The maximum absolute atomic E-state index is 11.2. The molecule has 0 fully saturated rings. The van der Waals surface area contributed by atoms with Crippen LogP contribution in [-0.4, -0.2) is 14.9 Å². The van der Waals surface area contributed by atoms with E-state index in [0.717, 1.165) is 11.1 Å². The number of hydrazine groups is 1. The van der Waals surface area contributed by atoms with E-state index in [1.807, 2.05) is 32.0 Å². The second-order valence-corrected chi connectivity index (χ2v) is 4.66. The Morgan fingerprint density at radius 1 is 1.19 bits per heavy atom. The van der Waals surface area contributed by atoms with Crippen molar-refractivity contribution in [1.29, 1.82) is 0 Å². The van der Waals surface area contributed by atoms with Gasteiger partial charge < -0.3 is 5.32 Å². The van der Waals surface area contributed by atoms with Gasteiger partial charge in [-0.2, -0.15) is 4.98 Å². The zero-order valence-electron chi connectivity index (χ0n) is 12.0. The topological polar surface area (TPSA) is 119 Å². The standard InChI is InChI=1S/C13H16N6O2/c1-7-4-5-10(6-8(7)2)16-12-11(19(20)21)9(3)15-13(17-12)18-14/h4-6H,14H2,1-3H3,(H2,15,16,17,18). The second kappa shape index (κ2) is 5.71. The van der Waals surface area contributed by atoms with Crippen LogP contribution in [0.4, 0.5) is 23.1 Å². The van der Waals surface area contributed by atoms with E-state index >= 15 is 0 Å². The van der Waals surface area contributed by atoms with Crippen molar-refractivity contribution in [1.82, 2.24) is 9.97 Å². The molecule has 0 aliphatic rings. The van der Waals surface area contributed by atoms with Gasteiger partial charge in [0.05, 0.1) is 4.92 Å². The lowest BCUT2D eigenvalue weighted by atomic mass is 10.1. The summed E-state index contributed by atoms with van der Waals surface area (Å²) in [5.41, 5.74) is 5.28. The molecule has 8 nitrogen and oxygen atoms in total. The molecule has 1 aromatic carbocycles. The van der Waals surface area contributed by atoms with Crippen LogP contribution >= 0.6 is 0 Å². The number of benzene rings is 1. The van der Waals surface area contributed by atoms with E-state index in [2.05, 4.69) is 20.7 Å². The fourth-order valence-electron chi connectivity index (χ4n) is 1.89. The molecule has 21 heavy (non-hydrogen) atoms. The van der Waals surface area contributed by atoms with Crippen molar-refractivity contribution in [3.63, 3.8) is 0 Å². The number of nitrogens with zero attached hydrogens (tertiary/aromatic N) is 3. The minimum absolute atomic E-state index is 0.101. The van der Waals surface area contributed by atoms with Gasteiger partial charge in [0.2, 0.25) is 11.8 Å². The quantitative estimate of drug-likeness (QED) is 0.448. The number of nitrogen functional groups attached to an aromatic ring is 1. The van der Waals surface area contributed by atoms with E-state index in [1.165, 1.54) is 6.92 Å². The highest BCUT2D eigenvalue weighted by atomic mass is 16.6. The minimum Gasteiger partial charge on any atom is -0.334 e. The Bertz CT molecular complexity index is 701. The van der Waals surface area contributed by atoms with Crippen molar-refractivity contribution in [3.8, 4) is 0 Å². The summed E-state index contributed by atoms with van der Waals surface area (Å²) in [4.78, 5) is 18.6. The largest absolute Gasteiger partial charge is 0.334 e. The summed E-state index contributed by atoms with van der Waals surface area (Å²) in [7, 11) is 0. The van der Waals surface area contributed by atoms with Crippen LogP contribution in [-0.2, 0) is 0 Å². The van der Waals surface area contributed by atoms with Crippen molar-refractivity contribution in [2.24, 2.45) is 5.84 Å². The summed E-state index contributed by atoms with van der Waals surface area (Å²) in [5, 5.41) is 14.1. The molecule has 1 heterocycles. The first kappa shape index (κ1) is 14.7. The fourth-order valence-corrected chi connectivity index (χ4v) is 1.89. The van der Waals surface area contributed by atoms with Crippen molar-refractivity contribution in [2.75, 3.05) is 10.7 Å². The molecule has 2 aromatic rings. The highest BCUT2D eigenvalue weighted by Gasteiger charge is 2.22. The van der Waals surface area contributed by atoms with Crippen LogP contribution < -0.4 is 16.6 Å². The number of nitrogens with two attached hydrogens (primary N) is 1. The van der Waals surface area contributed by atoms with Crippen molar-refractivity contribution >= 4 is 23.1 Å². The van der Waals surface area contributed by atoms with Crippen LogP contribution in [0, 0.1) is 30.9 Å². The third-order valence-corrected chi connectivity index (χ3v) is 3.14. The van der Waals surface area contributed by atoms with Crippen molar-refractivity contribution in [2.45, 2.75) is 20.8 Å². The van der Waals surface area contributed by atoms with Crippen LogP contribution in [0.1, 0.15) is 16.8 Å². The molecule has 0 atom stereocenters. The lowest BCUT2D eigenvalue weighted by Gasteiger charge is -2.10. The van der Waals surface area contributed by atoms with Gasteiger partial charge in [0.1, 0.15) is 5.69 Å². The molecule has 0 aliphatic heterocycles. The van der Waals surface area contributed by atoms with Gasteiger partial charge in [-0.1, -0.05) is 6.07 Å². The van der Waals surface area contributed by atoms with E-state index < -0.39 is 4.92 Å². The van der Waals surface area contributed by atoms with Crippen LogP contribution in [0.5, 0.6) is 0 Å². The smallest absolute Gasteiger partial charge is 0.332 e. The molecule has 2 rings (SSSR count). The number of hydrogen-bond donors (Lipinski definition) is 3. The maximum Gasteiger partial charge on any atom is 0.332 e. The number of aromatic nitrogens is 2. The molecule has 0 bridgehead atoms. The van der Waals surface area contributed by atoms with Gasteiger partial charge in [0.25, 0.3) is 0 Å². The summed E-state index contributed by atoms with van der Waals surface area (Å²) >= 11 is 0. The Morgan fingerprint density at radius 2 is 1.90 bits per heavy atom. The van der Waals surface area contributed by atoms with E-state index in [1.54, 1.807) is 0 Å².